The predicted octanol–water partition coefficient (Wildman–Crippen LogP) is -0.910. The number of nitrogens with zero attached hydrogens (tertiary/aromatic N) is 3. The van der Waals surface area contributed by atoms with Crippen molar-refractivity contribution in [2.45, 2.75) is 12.8 Å². The highest BCUT2D eigenvalue weighted by atomic mass is 15.4. The fraction of sp³-hybridized carbons (Fsp3) is 0.500. The molecule has 42 valence electrons. The lowest BCUT2D eigenvalue weighted by Gasteiger charge is -1.85. The molecule has 0 saturated heterocycles. The van der Waals surface area contributed by atoms with E-state index in [1.807, 2.05) is 0 Å². The van der Waals surface area contributed by atoms with Crippen LogP contribution in [0.1, 0.15) is 11.6 Å². The summed E-state index contributed by atoms with van der Waals surface area (Å²) in [6, 6.07) is 0. The molecule has 1 aromatic heterocycles. The summed E-state index contributed by atoms with van der Waals surface area (Å²) in [5.41, 5.74) is 0. The number of nitrogen functional groups attached to an aromatic ring is 1. The third-order valence-corrected chi connectivity index (χ3v) is 1.41. The number of aryl methyl sites for hydroxylation is 2. The smallest absolute Gasteiger partial charge is 0.152 e. The van der Waals surface area contributed by atoms with Crippen LogP contribution < -0.4 is 5.84 Å². The Morgan fingerprint density at radius 2 is 1.75 bits per heavy atom. The van der Waals surface area contributed by atoms with Gasteiger partial charge in [0.2, 0.25) is 0 Å². The van der Waals surface area contributed by atoms with Crippen LogP contribution in [0.25, 0.3) is 0 Å². The molecule has 0 spiro atoms. The summed E-state index contributed by atoms with van der Waals surface area (Å²) < 4.78 is 1.56. The van der Waals surface area contributed by atoms with E-state index in [1.165, 1.54) is 0 Å². The van der Waals surface area contributed by atoms with Gasteiger partial charge in [-0.15, -0.1) is 10.2 Å². The lowest BCUT2D eigenvalue weighted by molar-refractivity contribution is 0.823. The summed E-state index contributed by atoms with van der Waals surface area (Å²) in [7, 11) is 0. The van der Waals surface area contributed by atoms with E-state index in [1.54, 1.807) is 4.68 Å². The van der Waals surface area contributed by atoms with E-state index in [0.29, 0.717) is 0 Å². The lowest BCUT2D eigenvalue weighted by atomic mass is 10.3. The van der Waals surface area contributed by atoms with Crippen molar-refractivity contribution in [3.63, 3.8) is 0 Å². The standard InChI is InChI=1S/C4H6N4/c5-8-3-1-2-4(8)7-6-3/h1-2,5H2. The average Bonchev–Trinajstić information content (AvgIpc) is 2.29. The number of fused-ring (bicyclic) bond motifs is 2. The fourth-order valence-corrected chi connectivity index (χ4v) is 0.925. The van der Waals surface area contributed by atoms with Crippen LogP contribution in [0.3, 0.4) is 0 Å². The van der Waals surface area contributed by atoms with E-state index in [0.717, 1.165) is 24.5 Å². The molecule has 0 atom stereocenters. The van der Waals surface area contributed by atoms with E-state index in [9.17, 15) is 0 Å². The number of hydrogen-bond donors (Lipinski definition) is 1. The second-order valence-electron chi connectivity index (χ2n) is 1.90. The Labute approximate surface area is 46.3 Å². The van der Waals surface area contributed by atoms with Gasteiger partial charge in [-0.3, -0.25) is 0 Å². The maximum atomic E-state index is 5.46. The number of nitrogens with two attached hydrogens (primary N) is 1. The first-order chi connectivity index (χ1) is 3.88. The topological polar surface area (TPSA) is 56.7 Å². The number of rotatable bonds is 0. The minimum atomic E-state index is 0.903. The van der Waals surface area contributed by atoms with E-state index in [-0.39, 0.29) is 0 Å². The van der Waals surface area contributed by atoms with Crippen LogP contribution in [-0.2, 0) is 12.8 Å². The zero-order chi connectivity index (χ0) is 5.56. The highest BCUT2D eigenvalue weighted by Gasteiger charge is 2.16. The molecule has 2 N–H and O–H groups in total. The Balaban J connectivity index is 2.73. The molecule has 0 radical (unpaired) electrons. The molecule has 0 unspecified atom stereocenters. The highest BCUT2D eigenvalue weighted by Crippen LogP contribution is 2.08. The van der Waals surface area contributed by atoms with Crippen molar-refractivity contribution in [1.82, 2.24) is 14.9 Å². The van der Waals surface area contributed by atoms with Gasteiger partial charge < -0.3 is 5.84 Å². The monoisotopic (exact) mass is 110 g/mol. The molecule has 0 aromatic carbocycles. The molecular formula is C4H6N4. The van der Waals surface area contributed by atoms with E-state index in [4.69, 9.17) is 5.84 Å². The van der Waals surface area contributed by atoms with Gasteiger partial charge in [-0.1, -0.05) is 0 Å². The lowest BCUT2D eigenvalue weighted by Crippen LogP contribution is -2.08. The zero-order valence-electron chi connectivity index (χ0n) is 4.33. The summed E-state index contributed by atoms with van der Waals surface area (Å²) >= 11 is 0. The van der Waals surface area contributed by atoms with E-state index < -0.39 is 0 Å². The van der Waals surface area contributed by atoms with Gasteiger partial charge in [0.05, 0.1) is 0 Å². The van der Waals surface area contributed by atoms with Crippen LogP contribution in [0.15, 0.2) is 0 Å². The average molecular weight is 110 g/mol. The minimum Gasteiger partial charge on any atom is -0.336 e. The maximum Gasteiger partial charge on any atom is 0.152 e. The van der Waals surface area contributed by atoms with Crippen molar-refractivity contribution in [3.05, 3.63) is 11.6 Å². The Morgan fingerprint density at radius 1 is 1.25 bits per heavy atom. The Bertz CT molecular complexity index is 192. The molecule has 1 aliphatic heterocycles. The fourth-order valence-electron chi connectivity index (χ4n) is 0.925. The normalized spacial score (nSPS) is 15.0. The van der Waals surface area contributed by atoms with Gasteiger partial charge in [-0.25, -0.2) is 4.68 Å². The molecule has 4 heteroatoms. The first-order valence-electron chi connectivity index (χ1n) is 2.56. The van der Waals surface area contributed by atoms with Crippen LogP contribution in [-0.4, -0.2) is 14.9 Å². The quantitative estimate of drug-likeness (QED) is 0.440. The van der Waals surface area contributed by atoms with Crippen LogP contribution in [0, 0.1) is 0 Å². The summed E-state index contributed by atoms with van der Waals surface area (Å²) in [5, 5.41) is 7.58. The summed E-state index contributed by atoms with van der Waals surface area (Å²) in [5.74, 6) is 7.26. The first-order valence-corrected chi connectivity index (χ1v) is 2.56. The summed E-state index contributed by atoms with van der Waals surface area (Å²) in [4.78, 5) is 0. The second kappa shape index (κ2) is 1.02. The molecule has 2 rings (SSSR count). The Morgan fingerprint density at radius 3 is 1.88 bits per heavy atom. The number of aromatic nitrogens is 3. The van der Waals surface area contributed by atoms with Gasteiger partial charge in [0.25, 0.3) is 0 Å². The first kappa shape index (κ1) is 3.88. The Kier molecular flexibility index (Phi) is 0.494. The number of hydrogen-bond acceptors (Lipinski definition) is 3. The van der Waals surface area contributed by atoms with E-state index in [2.05, 4.69) is 10.2 Å². The van der Waals surface area contributed by atoms with Crippen molar-refractivity contribution in [2.24, 2.45) is 0 Å². The van der Waals surface area contributed by atoms with Crippen molar-refractivity contribution in [2.75, 3.05) is 5.84 Å². The molecule has 4 nitrogen and oxygen atoms in total. The van der Waals surface area contributed by atoms with Crippen molar-refractivity contribution < 1.29 is 0 Å². The predicted molar refractivity (Wildman–Crippen MR) is 27.6 cm³/mol. The molecule has 1 aromatic rings. The summed E-state index contributed by atoms with van der Waals surface area (Å²) in [6.07, 6.45) is 1.94. The van der Waals surface area contributed by atoms with Crippen molar-refractivity contribution >= 4 is 0 Å². The van der Waals surface area contributed by atoms with Gasteiger partial charge in [-0.05, 0) is 0 Å². The van der Waals surface area contributed by atoms with Crippen LogP contribution >= 0.6 is 0 Å². The molecule has 1 aliphatic rings. The van der Waals surface area contributed by atoms with Gasteiger partial charge in [-0.2, -0.15) is 0 Å². The van der Waals surface area contributed by atoms with Crippen molar-refractivity contribution in [3.8, 4) is 0 Å². The molecule has 2 bridgehead atoms. The van der Waals surface area contributed by atoms with Gasteiger partial charge in [0.15, 0.2) is 11.6 Å². The van der Waals surface area contributed by atoms with Gasteiger partial charge >= 0.3 is 0 Å². The van der Waals surface area contributed by atoms with Crippen LogP contribution in [0.4, 0.5) is 0 Å². The molecule has 0 aliphatic carbocycles. The third kappa shape index (κ3) is 0.267. The molecule has 0 amide bonds. The summed E-state index contributed by atoms with van der Waals surface area (Å²) in [6.45, 7) is 0. The van der Waals surface area contributed by atoms with E-state index >= 15 is 0 Å². The Hall–Kier alpha value is -1.06. The molecule has 8 heavy (non-hydrogen) atoms. The highest BCUT2D eigenvalue weighted by molar-refractivity contribution is 5.04. The van der Waals surface area contributed by atoms with Crippen LogP contribution in [0.2, 0.25) is 0 Å². The SMILES string of the molecule is Nn1c2nnc1CC2. The second-order valence-corrected chi connectivity index (χ2v) is 1.90. The van der Waals surface area contributed by atoms with Crippen LogP contribution in [0.5, 0.6) is 0 Å². The van der Waals surface area contributed by atoms with Gasteiger partial charge in [0, 0.05) is 12.8 Å². The molecule has 2 heterocycles. The van der Waals surface area contributed by atoms with Gasteiger partial charge in [0.1, 0.15) is 0 Å². The third-order valence-electron chi connectivity index (χ3n) is 1.41. The molecule has 0 fully saturated rings. The molecule has 0 saturated carbocycles. The zero-order valence-corrected chi connectivity index (χ0v) is 4.33. The largest absolute Gasteiger partial charge is 0.336 e. The minimum absolute atomic E-state index is 0.903. The van der Waals surface area contributed by atoms with Crippen molar-refractivity contribution in [1.29, 1.82) is 0 Å². The molecular weight excluding hydrogens is 104 g/mol. The maximum absolute atomic E-state index is 5.46.